The fourth-order valence-electron chi connectivity index (χ4n) is 1.83. The first-order valence-electron chi connectivity index (χ1n) is 4.80. The lowest BCUT2D eigenvalue weighted by Crippen LogP contribution is -2.49. The SMILES string of the molecule is O=C(O)COC1(C(F)(F)F)CCCCC1. The maximum absolute atomic E-state index is 12.7. The lowest BCUT2D eigenvalue weighted by Gasteiger charge is -2.38. The van der Waals surface area contributed by atoms with Gasteiger partial charge in [0.25, 0.3) is 0 Å². The summed E-state index contributed by atoms with van der Waals surface area (Å²) in [6.07, 6.45) is -3.15. The van der Waals surface area contributed by atoms with Crippen molar-refractivity contribution in [3.05, 3.63) is 0 Å². The quantitative estimate of drug-likeness (QED) is 0.803. The molecule has 1 N–H and O–H groups in total. The van der Waals surface area contributed by atoms with Crippen LogP contribution in [-0.2, 0) is 9.53 Å². The number of carbonyl (C=O) groups is 1. The van der Waals surface area contributed by atoms with Crippen molar-refractivity contribution in [2.45, 2.75) is 43.9 Å². The van der Waals surface area contributed by atoms with E-state index in [1.54, 1.807) is 0 Å². The van der Waals surface area contributed by atoms with Gasteiger partial charge >= 0.3 is 12.1 Å². The number of hydrogen-bond acceptors (Lipinski definition) is 2. The van der Waals surface area contributed by atoms with Gasteiger partial charge in [-0.25, -0.2) is 4.79 Å². The van der Waals surface area contributed by atoms with Crippen LogP contribution in [0.15, 0.2) is 0 Å². The third-order valence-electron chi connectivity index (χ3n) is 2.65. The van der Waals surface area contributed by atoms with Gasteiger partial charge in [0.2, 0.25) is 0 Å². The van der Waals surface area contributed by atoms with E-state index in [0.29, 0.717) is 12.8 Å². The molecular formula is C9H13F3O3. The van der Waals surface area contributed by atoms with Crippen molar-refractivity contribution in [1.29, 1.82) is 0 Å². The predicted octanol–water partition coefficient (Wildman–Crippen LogP) is 2.35. The van der Waals surface area contributed by atoms with Crippen molar-refractivity contribution in [1.82, 2.24) is 0 Å². The summed E-state index contributed by atoms with van der Waals surface area (Å²) in [5.74, 6) is -1.37. The Kier molecular flexibility index (Phi) is 3.59. The van der Waals surface area contributed by atoms with E-state index >= 15 is 0 Å². The zero-order valence-corrected chi connectivity index (χ0v) is 8.14. The monoisotopic (exact) mass is 226 g/mol. The minimum atomic E-state index is -4.48. The van der Waals surface area contributed by atoms with Gasteiger partial charge < -0.3 is 9.84 Å². The fraction of sp³-hybridized carbons (Fsp3) is 0.889. The van der Waals surface area contributed by atoms with Gasteiger partial charge in [0, 0.05) is 0 Å². The molecule has 1 rings (SSSR count). The minimum Gasteiger partial charge on any atom is -0.480 e. The average Bonchev–Trinajstić information content (AvgIpc) is 2.14. The molecule has 0 amide bonds. The second-order valence-corrected chi connectivity index (χ2v) is 3.74. The summed E-state index contributed by atoms with van der Waals surface area (Å²) in [5, 5.41) is 8.33. The second-order valence-electron chi connectivity index (χ2n) is 3.74. The summed E-state index contributed by atoms with van der Waals surface area (Å²) < 4.78 is 42.8. The van der Waals surface area contributed by atoms with Crippen molar-refractivity contribution < 1.29 is 27.8 Å². The molecule has 0 aliphatic heterocycles. The van der Waals surface area contributed by atoms with Gasteiger partial charge in [-0.15, -0.1) is 0 Å². The maximum atomic E-state index is 12.7. The smallest absolute Gasteiger partial charge is 0.417 e. The fourth-order valence-corrected chi connectivity index (χ4v) is 1.83. The molecule has 0 bridgehead atoms. The second kappa shape index (κ2) is 4.38. The minimum absolute atomic E-state index is 0.135. The van der Waals surface area contributed by atoms with Crippen LogP contribution in [0.3, 0.4) is 0 Å². The molecule has 0 heterocycles. The van der Waals surface area contributed by atoms with E-state index in [-0.39, 0.29) is 12.8 Å². The Morgan fingerprint density at radius 2 is 1.80 bits per heavy atom. The van der Waals surface area contributed by atoms with Crippen molar-refractivity contribution in [2.75, 3.05) is 6.61 Å². The maximum Gasteiger partial charge on any atom is 0.417 e. The largest absolute Gasteiger partial charge is 0.480 e. The Labute approximate surface area is 85.2 Å². The number of hydrogen-bond donors (Lipinski definition) is 1. The normalized spacial score (nSPS) is 21.3. The Balaban J connectivity index is 2.71. The summed E-state index contributed by atoms with van der Waals surface area (Å²) in [4.78, 5) is 10.2. The third kappa shape index (κ3) is 2.84. The Morgan fingerprint density at radius 1 is 1.27 bits per heavy atom. The van der Waals surface area contributed by atoms with Gasteiger partial charge in [-0.1, -0.05) is 19.3 Å². The number of alkyl halides is 3. The van der Waals surface area contributed by atoms with Crippen LogP contribution in [0.25, 0.3) is 0 Å². The molecule has 1 aliphatic rings. The van der Waals surface area contributed by atoms with Gasteiger partial charge in [-0.2, -0.15) is 13.2 Å². The molecule has 0 aromatic rings. The average molecular weight is 226 g/mol. The molecule has 6 heteroatoms. The molecular weight excluding hydrogens is 213 g/mol. The highest BCUT2D eigenvalue weighted by atomic mass is 19.4. The summed E-state index contributed by atoms with van der Waals surface area (Å²) in [6, 6.07) is 0. The number of aliphatic carboxylic acids is 1. The first-order chi connectivity index (χ1) is 6.87. The van der Waals surface area contributed by atoms with E-state index < -0.39 is 24.4 Å². The lowest BCUT2D eigenvalue weighted by molar-refractivity contribution is -0.286. The van der Waals surface area contributed by atoms with Crippen LogP contribution >= 0.6 is 0 Å². The number of halogens is 3. The van der Waals surface area contributed by atoms with Crippen LogP contribution in [0.4, 0.5) is 13.2 Å². The van der Waals surface area contributed by atoms with Crippen LogP contribution in [0.2, 0.25) is 0 Å². The molecule has 1 aliphatic carbocycles. The molecule has 0 spiro atoms. The van der Waals surface area contributed by atoms with Gasteiger partial charge in [0.15, 0.2) is 5.60 Å². The molecule has 0 aromatic heterocycles. The van der Waals surface area contributed by atoms with Gasteiger partial charge in [0.1, 0.15) is 6.61 Å². The summed E-state index contributed by atoms with van der Waals surface area (Å²) in [5.41, 5.74) is -2.23. The first-order valence-corrected chi connectivity index (χ1v) is 4.80. The molecule has 0 atom stereocenters. The van der Waals surface area contributed by atoms with Crippen molar-refractivity contribution >= 4 is 5.97 Å². The van der Waals surface area contributed by atoms with Gasteiger partial charge in [-0.3, -0.25) is 0 Å². The zero-order valence-electron chi connectivity index (χ0n) is 8.14. The predicted molar refractivity (Wildman–Crippen MR) is 45.5 cm³/mol. The van der Waals surface area contributed by atoms with Crippen LogP contribution in [-0.4, -0.2) is 29.5 Å². The van der Waals surface area contributed by atoms with E-state index in [0.717, 1.165) is 6.42 Å². The zero-order chi connectivity index (χ0) is 11.5. The van der Waals surface area contributed by atoms with Crippen LogP contribution in [0.1, 0.15) is 32.1 Å². The lowest BCUT2D eigenvalue weighted by atomic mass is 9.84. The molecule has 88 valence electrons. The van der Waals surface area contributed by atoms with Crippen molar-refractivity contribution in [2.24, 2.45) is 0 Å². The van der Waals surface area contributed by atoms with Crippen LogP contribution in [0.5, 0.6) is 0 Å². The van der Waals surface area contributed by atoms with Crippen molar-refractivity contribution in [3.8, 4) is 0 Å². The number of carboxylic acids is 1. The number of ether oxygens (including phenoxy) is 1. The van der Waals surface area contributed by atoms with Crippen molar-refractivity contribution in [3.63, 3.8) is 0 Å². The van der Waals surface area contributed by atoms with Gasteiger partial charge in [0.05, 0.1) is 0 Å². The van der Waals surface area contributed by atoms with E-state index in [9.17, 15) is 18.0 Å². The topological polar surface area (TPSA) is 46.5 Å². The molecule has 1 fully saturated rings. The standard InChI is InChI=1S/C9H13F3O3/c10-9(11,12)8(15-6-7(13)14)4-2-1-3-5-8/h1-6H2,(H,13,14). The van der Waals surface area contributed by atoms with E-state index in [2.05, 4.69) is 4.74 Å². The van der Waals surface area contributed by atoms with Crippen LogP contribution in [0, 0.1) is 0 Å². The molecule has 0 unspecified atom stereocenters. The highest BCUT2D eigenvalue weighted by molar-refractivity contribution is 5.68. The van der Waals surface area contributed by atoms with E-state index in [4.69, 9.17) is 5.11 Å². The molecule has 0 saturated heterocycles. The van der Waals surface area contributed by atoms with Crippen LogP contribution < -0.4 is 0 Å². The molecule has 1 saturated carbocycles. The molecule has 3 nitrogen and oxygen atoms in total. The Hall–Kier alpha value is -0.780. The highest BCUT2D eigenvalue weighted by Crippen LogP contribution is 2.44. The summed E-state index contributed by atoms with van der Waals surface area (Å²) >= 11 is 0. The van der Waals surface area contributed by atoms with E-state index in [1.165, 1.54) is 0 Å². The summed E-state index contributed by atoms with van der Waals surface area (Å²) in [6.45, 7) is -0.889. The third-order valence-corrected chi connectivity index (χ3v) is 2.65. The molecule has 15 heavy (non-hydrogen) atoms. The summed E-state index contributed by atoms with van der Waals surface area (Å²) in [7, 11) is 0. The molecule has 0 radical (unpaired) electrons. The highest BCUT2D eigenvalue weighted by Gasteiger charge is 2.56. The van der Waals surface area contributed by atoms with E-state index in [1.807, 2.05) is 0 Å². The van der Waals surface area contributed by atoms with Gasteiger partial charge in [-0.05, 0) is 12.8 Å². The number of rotatable bonds is 3. The Morgan fingerprint density at radius 3 is 2.20 bits per heavy atom. The number of carboxylic acid groups (broad SMARTS) is 1. The Bertz CT molecular complexity index is 231. The first kappa shape index (κ1) is 12.3. The molecule has 0 aromatic carbocycles.